The lowest BCUT2D eigenvalue weighted by atomic mass is 9.95. The van der Waals surface area contributed by atoms with E-state index < -0.39 is 15.4 Å². The summed E-state index contributed by atoms with van der Waals surface area (Å²) in [4.78, 5) is 12.4. The van der Waals surface area contributed by atoms with E-state index in [9.17, 15) is 13.2 Å². The monoisotopic (exact) mass is 374 g/mol. The van der Waals surface area contributed by atoms with E-state index in [1.807, 2.05) is 39.8 Å². The minimum atomic E-state index is -3.73. The van der Waals surface area contributed by atoms with Crippen molar-refractivity contribution in [2.24, 2.45) is 5.41 Å². The van der Waals surface area contributed by atoms with Gasteiger partial charge in [0.05, 0.1) is 10.6 Å². The van der Waals surface area contributed by atoms with Crippen molar-refractivity contribution >= 4 is 27.3 Å². The largest absolute Gasteiger partial charge is 0.326 e. The number of anilines is 2. The summed E-state index contributed by atoms with van der Waals surface area (Å²) in [6, 6.07) is 10.4. The van der Waals surface area contributed by atoms with Gasteiger partial charge in [-0.2, -0.15) is 0 Å². The number of nitrogens with one attached hydrogen (secondary N) is 2. The van der Waals surface area contributed by atoms with Crippen molar-refractivity contribution in [1.29, 1.82) is 0 Å². The van der Waals surface area contributed by atoms with Crippen molar-refractivity contribution < 1.29 is 13.2 Å². The average molecular weight is 375 g/mol. The third-order valence-electron chi connectivity index (χ3n) is 3.93. The number of carbonyl (C=O) groups is 1. The second-order valence-electron chi connectivity index (χ2n) is 7.62. The lowest BCUT2D eigenvalue weighted by Gasteiger charge is -2.18. The minimum Gasteiger partial charge on any atom is -0.326 e. The fourth-order valence-electron chi connectivity index (χ4n) is 2.78. The molecular formula is C20H26N2O3S. The fraction of sp³-hybridized carbons (Fsp3) is 0.350. The van der Waals surface area contributed by atoms with E-state index in [1.165, 1.54) is 0 Å². The van der Waals surface area contributed by atoms with Crippen molar-refractivity contribution in [2.45, 2.75) is 46.4 Å². The minimum absolute atomic E-state index is 0.136. The van der Waals surface area contributed by atoms with Gasteiger partial charge in [0.25, 0.3) is 10.0 Å². The maximum Gasteiger partial charge on any atom is 0.262 e. The van der Waals surface area contributed by atoms with Gasteiger partial charge in [0.15, 0.2) is 0 Å². The molecule has 0 saturated heterocycles. The molecular weight excluding hydrogens is 348 g/mol. The van der Waals surface area contributed by atoms with Crippen LogP contribution < -0.4 is 10.0 Å². The summed E-state index contributed by atoms with van der Waals surface area (Å²) >= 11 is 0. The van der Waals surface area contributed by atoms with Gasteiger partial charge in [-0.3, -0.25) is 9.52 Å². The highest BCUT2D eigenvalue weighted by atomic mass is 32.2. The van der Waals surface area contributed by atoms with Crippen LogP contribution in [0.1, 0.15) is 37.5 Å². The molecule has 5 nitrogen and oxygen atoms in total. The van der Waals surface area contributed by atoms with Crippen LogP contribution in [0.2, 0.25) is 0 Å². The smallest absolute Gasteiger partial charge is 0.262 e. The highest BCUT2D eigenvalue weighted by molar-refractivity contribution is 7.92. The van der Waals surface area contributed by atoms with Crippen molar-refractivity contribution in [3.8, 4) is 0 Å². The van der Waals surface area contributed by atoms with Crippen LogP contribution in [0.25, 0.3) is 0 Å². The first-order chi connectivity index (χ1) is 11.9. The van der Waals surface area contributed by atoms with Crippen LogP contribution in [0, 0.1) is 26.2 Å². The van der Waals surface area contributed by atoms with E-state index in [2.05, 4.69) is 10.0 Å². The van der Waals surface area contributed by atoms with E-state index in [0.29, 0.717) is 22.5 Å². The molecule has 0 unspecified atom stereocenters. The Balaban J connectivity index is 2.31. The standard InChI is InChI=1S/C20H26N2O3S/c1-13-10-14(2)18(15(3)11-13)26(24,25)22-17-9-7-8-16(12-17)21-19(23)20(4,5)6/h7-12,22H,1-6H3,(H,21,23). The molecule has 0 fully saturated rings. The Morgan fingerprint density at radius 3 is 2.00 bits per heavy atom. The number of sulfonamides is 1. The van der Waals surface area contributed by atoms with Gasteiger partial charge in [0.1, 0.15) is 0 Å². The molecule has 2 aromatic carbocycles. The number of rotatable bonds is 4. The summed E-state index contributed by atoms with van der Waals surface area (Å²) in [6.07, 6.45) is 0. The second kappa shape index (κ2) is 7.11. The van der Waals surface area contributed by atoms with E-state index in [-0.39, 0.29) is 10.8 Å². The summed E-state index contributed by atoms with van der Waals surface area (Å²) in [7, 11) is -3.73. The number of amides is 1. The zero-order valence-electron chi connectivity index (χ0n) is 16.1. The van der Waals surface area contributed by atoms with Crippen LogP contribution >= 0.6 is 0 Å². The first-order valence-corrected chi connectivity index (χ1v) is 9.90. The Hall–Kier alpha value is -2.34. The van der Waals surface area contributed by atoms with Gasteiger partial charge in [-0.1, -0.05) is 44.5 Å². The van der Waals surface area contributed by atoms with E-state index in [0.717, 1.165) is 5.56 Å². The Morgan fingerprint density at radius 2 is 1.46 bits per heavy atom. The van der Waals surface area contributed by atoms with E-state index in [1.54, 1.807) is 38.1 Å². The molecule has 0 heterocycles. The van der Waals surface area contributed by atoms with Gasteiger partial charge in [-0.15, -0.1) is 0 Å². The second-order valence-corrected chi connectivity index (χ2v) is 9.24. The first kappa shape index (κ1) is 20.0. The van der Waals surface area contributed by atoms with Crippen molar-refractivity contribution in [3.05, 3.63) is 53.1 Å². The first-order valence-electron chi connectivity index (χ1n) is 8.42. The highest BCUT2D eigenvalue weighted by Gasteiger charge is 2.22. The van der Waals surface area contributed by atoms with Crippen LogP contribution in [0.15, 0.2) is 41.3 Å². The molecule has 2 aromatic rings. The van der Waals surface area contributed by atoms with Crippen LogP contribution in [0.5, 0.6) is 0 Å². The molecule has 0 aliphatic heterocycles. The molecule has 0 atom stereocenters. The van der Waals surface area contributed by atoms with E-state index >= 15 is 0 Å². The maximum absolute atomic E-state index is 12.8. The van der Waals surface area contributed by atoms with Crippen LogP contribution in [0.3, 0.4) is 0 Å². The lowest BCUT2D eigenvalue weighted by Crippen LogP contribution is -2.27. The van der Waals surface area contributed by atoms with Gasteiger partial charge in [-0.25, -0.2) is 8.42 Å². The van der Waals surface area contributed by atoms with Crippen LogP contribution in [-0.2, 0) is 14.8 Å². The molecule has 0 spiro atoms. The Morgan fingerprint density at radius 1 is 0.923 bits per heavy atom. The maximum atomic E-state index is 12.8. The molecule has 0 radical (unpaired) electrons. The normalized spacial score (nSPS) is 11.9. The Kier molecular flexibility index (Phi) is 5.47. The van der Waals surface area contributed by atoms with Crippen molar-refractivity contribution in [3.63, 3.8) is 0 Å². The van der Waals surface area contributed by atoms with Crippen molar-refractivity contribution in [2.75, 3.05) is 10.0 Å². The quantitative estimate of drug-likeness (QED) is 0.833. The summed E-state index contributed by atoms with van der Waals surface area (Å²) < 4.78 is 28.3. The molecule has 2 rings (SSSR count). The van der Waals surface area contributed by atoms with Gasteiger partial charge in [0, 0.05) is 11.1 Å². The highest BCUT2D eigenvalue weighted by Crippen LogP contribution is 2.26. The summed E-state index contributed by atoms with van der Waals surface area (Å²) in [5, 5.41) is 2.80. The Bertz CT molecular complexity index is 919. The van der Waals surface area contributed by atoms with Crippen LogP contribution in [0.4, 0.5) is 11.4 Å². The molecule has 1 amide bonds. The predicted molar refractivity (Wildman–Crippen MR) is 106 cm³/mol. The molecule has 140 valence electrons. The predicted octanol–water partition coefficient (Wildman–Crippen LogP) is 4.40. The number of benzene rings is 2. The number of hydrogen-bond acceptors (Lipinski definition) is 3. The van der Waals surface area contributed by atoms with Gasteiger partial charge in [0.2, 0.25) is 5.91 Å². The third-order valence-corrected chi connectivity index (χ3v) is 5.61. The third kappa shape index (κ3) is 4.64. The van der Waals surface area contributed by atoms with E-state index in [4.69, 9.17) is 0 Å². The molecule has 0 bridgehead atoms. The summed E-state index contributed by atoms with van der Waals surface area (Å²) in [6.45, 7) is 11.0. The molecule has 6 heteroatoms. The zero-order chi connectivity index (χ0) is 19.7. The topological polar surface area (TPSA) is 75.3 Å². The molecule has 2 N–H and O–H groups in total. The number of hydrogen-bond donors (Lipinski definition) is 2. The molecule has 0 aromatic heterocycles. The van der Waals surface area contributed by atoms with Crippen LogP contribution in [-0.4, -0.2) is 14.3 Å². The number of carbonyl (C=O) groups excluding carboxylic acids is 1. The number of aryl methyl sites for hydroxylation is 3. The average Bonchev–Trinajstić information content (AvgIpc) is 2.44. The molecule has 0 saturated carbocycles. The van der Waals surface area contributed by atoms with Gasteiger partial charge < -0.3 is 5.32 Å². The lowest BCUT2D eigenvalue weighted by molar-refractivity contribution is -0.123. The summed E-state index contributed by atoms with van der Waals surface area (Å²) in [5.74, 6) is -0.136. The zero-order valence-corrected chi connectivity index (χ0v) is 16.9. The van der Waals surface area contributed by atoms with Gasteiger partial charge in [-0.05, 0) is 50.1 Å². The summed E-state index contributed by atoms with van der Waals surface area (Å²) in [5.41, 5.74) is 2.83. The van der Waals surface area contributed by atoms with Crippen molar-refractivity contribution in [1.82, 2.24) is 0 Å². The Labute approximate surface area is 155 Å². The molecule has 0 aliphatic rings. The molecule has 0 aliphatic carbocycles. The molecule has 26 heavy (non-hydrogen) atoms. The fourth-order valence-corrected chi connectivity index (χ4v) is 4.28. The van der Waals surface area contributed by atoms with Gasteiger partial charge >= 0.3 is 0 Å². The SMILES string of the molecule is Cc1cc(C)c(S(=O)(=O)Nc2cccc(NC(=O)C(C)(C)C)c2)c(C)c1.